The Morgan fingerprint density at radius 2 is 1.80 bits per heavy atom. The highest BCUT2D eigenvalue weighted by molar-refractivity contribution is 14.1. The number of ether oxygens (including phenoxy) is 4. The lowest BCUT2D eigenvalue weighted by Gasteiger charge is -2.41. The fourth-order valence-electron chi connectivity index (χ4n) is 6.21. The highest BCUT2D eigenvalue weighted by Gasteiger charge is 2.41. The molecule has 3 N–H and O–H groups in total. The molecule has 0 bridgehead atoms. The summed E-state index contributed by atoms with van der Waals surface area (Å²) in [4.78, 5) is 40.5. The van der Waals surface area contributed by atoms with E-state index in [-0.39, 0.29) is 37.9 Å². The van der Waals surface area contributed by atoms with E-state index in [1.54, 1.807) is 37.3 Å². The number of aliphatic hydroxyl groups excluding tert-OH is 2. The molecule has 2 aromatic carbocycles. The number of rotatable bonds is 15. The van der Waals surface area contributed by atoms with E-state index < -0.39 is 24.2 Å². The monoisotopic (exact) mass is 750 g/mol. The van der Waals surface area contributed by atoms with Gasteiger partial charge >= 0.3 is 0 Å². The first-order valence-corrected chi connectivity index (χ1v) is 16.6. The topological polar surface area (TPSA) is 144 Å². The lowest BCUT2D eigenvalue weighted by molar-refractivity contribution is -0.139. The van der Waals surface area contributed by atoms with Crippen LogP contribution in [0.3, 0.4) is 0 Å². The molecule has 2 aromatic rings. The van der Waals surface area contributed by atoms with Crippen molar-refractivity contribution in [2.45, 2.75) is 63.2 Å². The molecular formula is C34H43IN2O9. The van der Waals surface area contributed by atoms with Crippen molar-refractivity contribution in [2.24, 2.45) is 5.92 Å². The number of hydrogen-bond donors (Lipinski definition) is 3. The fourth-order valence-corrected chi connectivity index (χ4v) is 6.96. The zero-order chi connectivity index (χ0) is 33.2. The second kappa shape index (κ2) is 17.0. The summed E-state index contributed by atoms with van der Waals surface area (Å²) < 4.78 is 23.4. The molecule has 3 unspecified atom stereocenters. The van der Waals surface area contributed by atoms with E-state index in [0.717, 1.165) is 31.2 Å². The Morgan fingerprint density at radius 1 is 1.07 bits per heavy atom. The first-order valence-electron chi connectivity index (χ1n) is 15.5. The molecular weight excluding hydrogens is 707 g/mol. The third-order valence-electron chi connectivity index (χ3n) is 8.62. The van der Waals surface area contributed by atoms with E-state index in [1.807, 2.05) is 34.7 Å². The van der Waals surface area contributed by atoms with Crippen molar-refractivity contribution in [1.29, 1.82) is 0 Å². The van der Waals surface area contributed by atoms with Gasteiger partial charge < -0.3 is 39.4 Å². The van der Waals surface area contributed by atoms with E-state index >= 15 is 0 Å². The zero-order valence-corrected chi connectivity index (χ0v) is 28.7. The van der Waals surface area contributed by atoms with Gasteiger partial charge in [0, 0.05) is 37.1 Å². The van der Waals surface area contributed by atoms with Gasteiger partial charge in [-0.3, -0.25) is 14.4 Å². The van der Waals surface area contributed by atoms with Crippen molar-refractivity contribution >= 4 is 40.7 Å². The Kier molecular flexibility index (Phi) is 13.1. The summed E-state index contributed by atoms with van der Waals surface area (Å²) >= 11 is 2.03. The molecule has 250 valence electrons. The number of aliphatic hydroxyl groups is 2. The van der Waals surface area contributed by atoms with Gasteiger partial charge in [0.15, 0.2) is 11.5 Å². The normalized spacial score (nSPS) is 19.6. The summed E-state index contributed by atoms with van der Waals surface area (Å²) in [5.74, 6) is 1.64. The lowest BCUT2D eigenvalue weighted by Crippen LogP contribution is -2.55. The highest BCUT2D eigenvalue weighted by atomic mass is 127. The molecule has 1 saturated carbocycles. The maximum absolute atomic E-state index is 14.1. The van der Waals surface area contributed by atoms with Gasteiger partial charge in [-0.2, -0.15) is 0 Å². The number of methoxy groups -OCH3 is 3. The number of hydrogen-bond acceptors (Lipinski definition) is 9. The summed E-state index contributed by atoms with van der Waals surface area (Å²) in [6.45, 7) is 0.0650. The second-order valence-electron chi connectivity index (χ2n) is 11.5. The lowest BCUT2D eigenvalue weighted by atomic mass is 9.87. The van der Waals surface area contributed by atoms with Crippen LogP contribution in [0.1, 0.15) is 54.4 Å². The number of benzene rings is 2. The molecule has 0 heterocycles. The maximum atomic E-state index is 14.1. The number of nitrogens with one attached hydrogen (secondary N) is 1. The van der Waals surface area contributed by atoms with Crippen LogP contribution in [0.4, 0.5) is 0 Å². The van der Waals surface area contributed by atoms with E-state index in [1.165, 1.54) is 13.2 Å². The van der Waals surface area contributed by atoms with Gasteiger partial charge in [-0.1, -0.05) is 12.8 Å². The smallest absolute Gasteiger partial charge is 0.247 e. The molecule has 11 nitrogen and oxygen atoms in total. The third-order valence-corrected chi connectivity index (χ3v) is 9.43. The van der Waals surface area contributed by atoms with Crippen LogP contribution in [0.25, 0.3) is 0 Å². The first kappa shape index (κ1) is 35.5. The molecule has 46 heavy (non-hydrogen) atoms. The zero-order valence-electron chi connectivity index (χ0n) is 26.5. The van der Waals surface area contributed by atoms with Crippen molar-refractivity contribution in [2.75, 3.05) is 41.0 Å². The number of carbonyl (C=O) groups excluding carboxylic acids is 3. The Labute approximate surface area is 283 Å². The standard InChI is InChI=1S/C34H43IN2O9/c1-43-25-8-9-28(44-2)23(17-25)10-12-37(31(40)16-21-6-4-5-7-21)27-18-24(34(42)36-11-13-38)19-29(32(27)41)46-33-26(35)14-22(20-39)15-30(33)45-3/h8-9,14-15,17,19-21,27,29,32,38,41H,4-7,10-13,16,18H2,1-3H3,(H,36,42). The van der Waals surface area contributed by atoms with Gasteiger partial charge in [-0.25, -0.2) is 0 Å². The van der Waals surface area contributed by atoms with Crippen LogP contribution in [-0.4, -0.2) is 92.5 Å². The second-order valence-corrected chi connectivity index (χ2v) is 12.7. The Balaban J connectivity index is 1.71. The number of amides is 2. The molecule has 12 heteroatoms. The molecule has 0 radical (unpaired) electrons. The van der Waals surface area contributed by atoms with Gasteiger partial charge in [0.25, 0.3) is 0 Å². The van der Waals surface area contributed by atoms with Crippen molar-refractivity contribution in [3.8, 4) is 23.0 Å². The van der Waals surface area contributed by atoms with Crippen LogP contribution >= 0.6 is 22.6 Å². The number of nitrogens with zero attached hydrogens (tertiary/aromatic N) is 1. The molecule has 3 atom stereocenters. The maximum Gasteiger partial charge on any atom is 0.247 e. The summed E-state index contributed by atoms with van der Waals surface area (Å²) in [7, 11) is 4.62. The third kappa shape index (κ3) is 8.71. The van der Waals surface area contributed by atoms with E-state index in [9.17, 15) is 24.6 Å². The molecule has 2 aliphatic carbocycles. The van der Waals surface area contributed by atoms with Gasteiger partial charge in [-0.05, 0) is 89.7 Å². The van der Waals surface area contributed by atoms with Gasteiger partial charge in [0.05, 0.1) is 37.5 Å². The molecule has 2 amide bonds. The minimum Gasteiger partial charge on any atom is -0.497 e. The quantitative estimate of drug-likeness (QED) is 0.184. The van der Waals surface area contributed by atoms with Gasteiger partial charge in [-0.15, -0.1) is 0 Å². The Bertz CT molecular complexity index is 1410. The fraction of sp³-hybridized carbons (Fsp3) is 0.500. The number of aldehydes is 1. The van der Waals surface area contributed by atoms with E-state index in [2.05, 4.69) is 5.32 Å². The van der Waals surface area contributed by atoms with Gasteiger partial charge in [0.1, 0.15) is 30.0 Å². The van der Waals surface area contributed by atoms with Crippen LogP contribution < -0.4 is 24.3 Å². The van der Waals surface area contributed by atoms with Crippen molar-refractivity contribution < 1.29 is 43.5 Å². The summed E-state index contributed by atoms with van der Waals surface area (Å²) in [5.41, 5.74) is 1.56. The molecule has 0 aromatic heterocycles. The predicted molar refractivity (Wildman–Crippen MR) is 180 cm³/mol. The van der Waals surface area contributed by atoms with Crippen LogP contribution in [0.2, 0.25) is 0 Å². The van der Waals surface area contributed by atoms with Crippen molar-refractivity contribution in [3.05, 3.63) is 56.7 Å². The Hall–Kier alpha value is -3.36. The largest absolute Gasteiger partial charge is 0.497 e. The summed E-state index contributed by atoms with van der Waals surface area (Å²) in [5, 5.41) is 23.9. The molecule has 4 rings (SSSR count). The average molecular weight is 751 g/mol. The Morgan fingerprint density at radius 3 is 2.46 bits per heavy atom. The summed E-state index contributed by atoms with van der Waals surface area (Å²) in [6.07, 6.45) is 4.99. The molecule has 0 saturated heterocycles. The van der Waals surface area contributed by atoms with Crippen LogP contribution in [0.5, 0.6) is 23.0 Å². The predicted octanol–water partition coefficient (Wildman–Crippen LogP) is 3.70. The van der Waals surface area contributed by atoms with Crippen molar-refractivity contribution in [3.63, 3.8) is 0 Å². The SMILES string of the molecule is COc1ccc(OC)c(CCN(C(=O)CC2CCCC2)C2CC(C(=O)NCCO)=CC(Oc3c(I)cc(C=O)cc3OC)C2O)c1. The van der Waals surface area contributed by atoms with Crippen LogP contribution in [0.15, 0.2) is 42.0 Å². The highest BCUT2D eigenvalue weighted by Crippen LogP contribution is 2.37. The molecule has 0 spiro atoms. The molecule has 2 aliphatic rings. The van der Waals surface area contributed by atoms with Gasteiger partial charge in [0.2, 0.25) is 11.8 Å². The summed E-state index contributed by atoms with van der Waals surface area (Å²) in [6, 6.07) is 7.86. The number of carbonyl (C=O) groups is 3. The first-order chi connectivity index (χ1) is 22.2. The van der Waals surface area contributed by atoms with E-state index in [0.29, 0.717) is 56.8 Å². The van der Waals surface area contributed by atoms with Crippen LogP contribution in [-0.2, 0) is 16.0 Å². The minimum atomic E-state index is -1.21. The number of halogens is 1. The molecule has 0 aliphatic heterocycles. The van der Waals surface area contributed by atoms with Crippen LogP contribution in [0, 0.1) is 9.49 Å². The van der Waals surface area contributed by atoms with E-state index in [4.69, 9.17) is 18.9 Å². The average Bonchev–Trinajstić information content (AvgIpc) is 3.58. The minimum absolute atomic E-state index is 0.0494. The molecule has 1 fully saturated rings. The van der Waals surface area contributed by atoms with Crippen molar-refractivity contribution in [1.82, 2.24) is 10.2 Å².